The Morgan fingerprint density at radius 3 is 2.39 bits per heavy atom. The smallest absolute Gasteiger partial charge is 0.269 e. The van der Waals surface area contributed by atoms with Crippen LogP contribution in [0.5, 0.6) is 0 Å². The largest absolute Gasteiger partial charge is 0.292 e. The molecule has 7 heteroatoms. The fraction of sp³-hybridized carbons (Fsp3) is 0.208. The third-order valence-electron chi connectivity index (χ3n) is 4.78. The van der Waals surface area contributed by atoms with E-state index >= 15 is 0 Å². The van der Waals surface area contributed by atoms with Gasteiger partial charge >= 0.3 is 0 Å². The van der Waals surface area contributed by atoms with Crippen LogP contribution in [0.4, 0.5) is 5.69 Å². The maximum absolute atomic E-state index is 11.0. The average molecular weight is 435 g/mol. The van der Waals surface area contributed by atoms with Crippen LogP contribution in [0.2, 0.25) is 0 Å². The van der Waals surface area contributed by atoms with Crippen molar-refractivity contribution in [3.05, 3.63) is 99.2 Å². The number of hydrogen-bond acceptors (Lipinski definition) is 5. The second-order valence-electron chi connectivity index (χ2n) is 8.09. The van der Waals surface area contributed by atoms with Gasteiger partial charge in [-0.2, -0.15) is 0 Å². The van der Waals surface area contributed by atoms with E-state index < -0.39 is 4.92 Å². The van der Waals surface area contributed by atoms with Gasteiger partial charge in [0, 0.05) is 23.1 Å². The minimum atomic E-state index is -0.405. The molecule has 0 amide bonds. The monoisotopic (exact) mass is 434 g/mol. The van der Waals surface area contributed by atoms with Gasteiger partial charge in [0.1, 0.15) is 0 Å². The van der Waals surface area contributed by atoms with Crippen LogP contribution in [0.15, 0.2) is 78.1 Å². The van der Waals surface area contributed by atoms with Crippen molar-refractivity contribution >= 4 is 22.7 Å². The number of nitro groups is 1. The molecule has 1 aromatic heterocycles. The van der Waals surface area contributed by atoms with Crippen LogP contribution in [0.3, 0.4) is 0 Å². The van der Waals surface area contributed by atoms with E-state index in [0.29, 0.717) is 6.54 Å². The maximum Gasteiger partial charge on any atom is 0.269 e. The number of aromatic nitrogens is 1. The van der Waals surface area contributed by atoms with Gasteiger partial charge in [0.05, 0.1) is 22.9 Å². The van der Waals surface area contributed by atoms with Crippen LogP contribution < -0.4 is 10.2 Å². The number of nitro benzene ring substituents is 1. The molecule has 0 saturated carbocycles. The van der Waals surface area contributed by atoms with E-state index in [1.54, 1.807) is 18.2 Å². The summed E-state index contributed by atoms with van der Waals surface area (Å²) in [6.45, 7) is 15.0. The van der Waals surface area contributed by atoms with Gasteiger partial charge in [-0.3, -0.25) is 20.5 Å². The summed E-state index contributed by atoms with van der Waals surface area (Å²) < 4.78 is 1.86. The van der Waals surface area contributed by atoms with Crippen LogP contribution in [0.1, 0.15) is 31.9 Å². The summed E-state index contributed by atoms with van der Waals surface area (Å²) in [6, 6.07) is 14.8. The number of thiazole rings is 1. The summed E-state index contributed by atoms with van der Waals surface area (Å²) in [5.74, 6) is 0. The Morgan fingerprint density at radius 2 is 1.84 bits per heavy atom. The highest BCUT2D eigenvalue weighted by molar-refractivity contribution is 7.07. The Morgan fingerprint density at radius 1 is 1.19 bits per heavy atom. The van der Waals surface area contributed by atoms with Crippen LogP contribution in [0, 0.1) is 10.1 Å². The molecule has 3 aromatic rings. The lowest BCUT2D eigenvalue weighted by Gasteiger charge is -2.20. The van der Waals surface area contributed by atoms with E-state index in [-0.39, 0.29) is 11.1 Å². The van der Waals surface area contributed by atoms with Gasteiger partial charge in [-0.15, -0.1) is 17.9 Å². The van der Waals surface area contributed by atoms with Gasteiger partial charge in [-0.25, -0.2) is 4.68 Å². The molecular formula is C24H26N4O2S. The van der Waals surface area contributed by atoms with Crippen molar-refractivity contribution < 1.29 is 4.92 Å². The minimum absolute atomic E-state index is 0.0541. The zero-order valence-corrected chi connectivity index (χ0v) is 18.8. The molecule has 160 valence electrons. The van der Waals surface area contributed by atoms with E-state index in [2.05, 4.69) is 68.6 Å². The summed E-state index contributed by atoms with van der Waals surface area (Å²) in [6.07, 6.45) is 1.73. The molecule has 0 fully saturated rings. The van der Waals surface area contributed by atoms with E-state index in [1.165, 1.54) is 29.0 Å². The van der Waals surface area contributed by atoms with E-state index in [0.717, 1.165) is 27.3 Å². The summed E-state index contributed by atoms with van der Waals surface area (Å²) in [5.41, 5.74) is 8.11. The number of hydrogen-bond donors (Lipinski definition) is 1. The molecular weight excluding hydrogens is 408 g/mol. The SMILES string of the molecule is C=CCN=c1scc(-c2ccc([N+](=O)[O-])cc2)n1NC(=C)c1ccc(C(C)(C)C)cc1. The lowest BCUT2D eigenvalue weighted by Crippen LogP contribution is -2.25. The first-order valence-electron chi connectivity index (χ1n) is 9.84. The summed E-state index contributed by atoms with van der Waals surface area (Å²) in [7, 11) is 0. The molecule has 31 heavy (non-hydrogen) atoms. The molecule has 6 nitrogen and oxygen atoms in total. The van der Waals surface area contributed by atoms with Gasteiger partial charge in [-0.05, 0) is 28.7 Å². The molecule has 2 aromatic carbocycles. The van der Waals surface area contributed by atoms with Gasteiger partial charge in [-0.1, -0.05) is 57.7 Å². The molecule has 0 unspecified atom stereocenters. The van der Waals surface area contributed by atoms with Crippen molar-refractivity contribution in [3.8, 4) is 11.3 Å². The van der Waals surface area contributed by atoms with Crippen LogP contribution in [-0.2, 0) is 5.41 Å². The molecule has 0 spiro atoms. The Balaban J connectivity index is 1.96. The Bertz CT molecular complexity index is 1160. The minimum Gasteiger partial charge on any atom is -0.292 e. The van der Waals surface area contributed by atoms with Gasteiger partial charge < -0.3 is 0 Å². The first-order chi connectivity index (χ1) is 14.7. The third kappa shape index (κ3) is 5.19. The number of nitrogens with one attached hydrogen (secondary N) is 1. The molecule has 1 N–H and O–H groups in total. The molecule has 0 aliphatic rings. The number of non-ortho nitro benzene ring substituents is 1. The van der Waals surface area contributed by atoms with Gasteiger partial charge in [0.2, 0.25) is 4.80 Å². The molecule has 0 aliphatic carbocycles. The fourth-order valence-electron chi connectivity index (χ4n) is 3.00. The molecule has 0 aliphatic heterocycles. The predicted molar refractivity (Wildman–Crippen MR) is 129 cm³/mol. The van der Waals surface area contributed by atoms with Crippen LogP contribution in [0.25, 0.3) is 17.0 Å². The standard InChI is InChI=1S/C24H26N4O2S/c1-6-15-25-23-27(22(16-31-23)19-9-13-21(14-10-19)28(29)30)26-17(2)18-7-11-20(12-8-18)24(3,4)5/h6-14,16,26H,1-2,15H2,3-5H3. The Hall–Kier alpha value is -3.45. The zero-order valence-electron chi connectivity index (χ0n) is 18.0. The quantitative estimate of drug-likeness (QED) is 0.293. The highest BCUT2D eigenvalue weighted by atomic mass is 32.1. The van der Waals surface area contributed by atoms with Crippen molar-refractivity contribution in [1.82, 2.24) is 4.68 Å². The summed E-state index contributed by atoms with van der Waals surface area (Å²) >= 11 is 1.48. The molecule has 1 heterocycles. The number of benzene rings is 2. The predicted octanol–water partition coefficient (Wildman–Crippen LogP) is 5.72. The maximum atomic E-state index is 11.0. The summed E-state index contributed by atoms with van der Waals surface area (Å²) in [4.78, 5) is 15.9. The van der Waals surface area contributed by atoms with Crippen LogP contribution in [-0.4, -0.2) is 16.1 Å². The zero-order chi connectivity index (χ0) is 22.6. The normalized spacial score (nSPS) is 11.9. The fourth-order valence-corrected chi connectivity index (χ4v) is 3.85. The second kappa shape index (κ2) is 9.14. The van der Waals surface area contributed by atoms with Crippen molar-refractivity contribution in [2.75, 3.05) is 12.0 Å². The van der Waals surface area contributed by atoms with Crippen molar-refractivity contribution in [1.29, 1.82) is 0 Å². The summed E-state index contributed by atoms with van der Waals surface area (Å²) in [5, 5.41) is 12.9. The third-order valence-corrected chi connectivity index (χ3v) is 5.65. The van der Waals surface area contributed by atoms with E-state index in [1.807, 2.05) is 10.1 Å². The van der Waals surface area contributed by atoms with E-state index in [9.17, 15) is 10.1 Å². The van der Waals surface area contributed by atoms with Crippen molar-refractivity contribution in [2.45, 2.75) is 26.2 Å². The molecule has 0 radical (unpaired) electrons. The van der Waals surface area contributed by atoms with Crippen molar-refractivity contribution in [3.63, 3.8) is 0 Å². The number of rotatable bonds is 7. The lowest BCUT2D eigenvalue weighted by molar-refractivity contribution is -0.384. The first-order valence-corrected chi connectivity index (χ1v) is 10.7. The average Bonchev–Trinajstić information content (AvgIpc) is 3.14. The molecule has 0 atom stereocenters. The van der Waals surface area contributed by atoms with Gasteiger partial charge in [0.15, 0.2) is 0 Å². The Labute approximate surface area is 186 Å². The highest BCUT2D eigenvalue weighted by Crippen LogP contribution is 2.25. The van der Waals surface area contributed by atoms with Gasteiger partial charge in [0.25, 0.3) is 5.69 Å². The Kier molecular flexibility index (Phi) is 6.56. The molecule has 0 bridgehead atoms. The van der Waals surface area contributed by atoms with Crippen LogP contribution >= 0.6 is 11.3 Å². The first kappa shape index (κ1) is 22.2. The molecule has 0 saturated heterocycles. The van der Waals surface area contributed by atoms with E-state index in [4.69, 9.17) is 0 Å². The second-order valence-corrected chi connectivity index (χ2v) is 8.93. The lowest BCUT2D eigenvalue weighted by atomic mass is 9.86. The highest BCUT2D eigenvalue weighted by Gasteiger charge is 2.15. The molecule has 3 rings (SSSR count). The topological polar surface area (TPSA) is 72.5 Å². The van der Waals surface area contributed by atoms with Crippen molar-refractivity contribution in [2.24, 2.45) is 4.99 Å². The number of nitrogens with zero attached hydrogens (tertiary/aromatic N) is 3.